The van der Waals surface area contributed by atoms with Crippen molar-refractivity contribution in [3.8, 4) is 11.4 Å². The zero-order chi connectivity index (χ0) is 22.2. The first-order chi connectivity index (χ1) is 14.6. The third-order valence-corrected chi connectivity index (χ3v) is 6.79. The van der Waals surface area contributed by atoms with Crippen molar-refractivity contribution in [3.63, 3.8) is 0 Å². The molecule has 1 aliphatic carbocycles. The van der Waals surface area contributed by atoms with Crippen molar-refractivity contribution in [1.82, 2.24) is 4.57 Å². The molecule has 5 rings (SSSR count). The number of nitrogens with zero attached hydrogens (tertiary/aromatic N) is 1. The van der Waals surface area contributed by atoms with Crippen molar-refractivity contribution < 1.29 is 28.9 Å². The van der Waals surface area contributed by atoms with Crippen molar-refractivity contribution in [2.75, 3.05) is 13.7 Å². The highest BCUT2D eigenvalue weighted by atomic mass is 19.1. The van der Waals surface area contributed by atoms with Gasteiger partial charge >= 0.3 is 5.97 Å². The SMILES string of the molecule is CO[C@]1(C(=O)O)C[C@]2(C1)OCC(C)(C)c1c2c2c(O)cccc2n1-c1ccc(F)cc1. The number of aromatic nitrogens is 1. The molecule has 162 valence electrons. The van der Waals surface area contributed by atoms with Crippen LogP contribution in [0.3, 0.4) is 0 Å². The number of carboxylic acids is 1. The zero-order valence-corrected chi connectivity index (χ0v) is 17.6. The number of carbonyl (C=O) groups is 1. The van der Waals surface area contributed by atoms with E-state index in [1.807, 2.05) is 24.5 Å². The van der Waals surface area contributed by atoms with Crippen LogP contribution in [0.5, 0.6) is 5.75 Å². The monoisotopic (exact) mass is 425 g/mol. The minimum Gasteiger partial charge on any atom is -0.507 e. The maximum atomic E-state index is 13.6. The third-order valence-electron chi connectivity index (χ3n) is 6.79. The summed E-state index contributed by atoms with van der Waals surface area (Å²) in [5.74, 6) is -1.26. The van der Waals surface area contributed by atoms with E-state index in [2.05, 4.69) is 0 Å². The fourth-order valence-corrected chi connectivity index (χ4v) is 5.26. The van der Waals surface area contributed by atoms with E-state index in [4.69, 9.17) is 9.47 Å². The number of hydrogen-bond donors (Lipinski definition) is 2. The van der Waals surface area contributed by atoms with Crippen LogP contribution < -0.4 is 0 Å². The van der Waals surface area contributed by atoms with Gasteiger partial charge in [-0.2, -0.15) is 0 Å². The first-order valence-corrected chi connectivity index (χ1v) is 10.2. The summed E-state index contributed by atoms with van der Waals surface area (Å²) in [7, 11) is 1.40. The molecule has 0 radical (unpaired) electrons. The van der Waals surface area contributed by atoms with Crippen LogP contribution in [-0.4, -0.2) is 40.1 Å². The Morgan fingerprint density at radius 3 is 2.45 bits per heavy atom. The van der Waals surface area contributed by atoms with Gasteiger partial charge in [0.2, 0.25) is 0 Å². The van der Waals surface area contributed by atoms with Crippen molar-refractivity contribution in [3.05, 3.63) is 59.5 Å². The van der Waals surface area contributed by atoms with Crippen LogP contribution in [-0.2, 0) is 25.3 Å². The van der Waals surface area contributed by atoms with E-state index >= 15 is 0 Å². The number of methoxy groups -OCH3 is 1. The summed E-state index contributed by atoms with van der Waals surface area (Å²) in [6, 6.07) is 11.5. The molecule has 0 amide bonds. The second-order valence-corrected chi connectivity index (χ2v) is 9.23. The Morgan fingerprint density at radius 1 is 1.16 bits per heavy atom. The van der Waals surface area contributed by atoms with Crippen LogP contribution in [0.25, 0.3) is 16.6 Å². The number of aliphatic carboxylic acids is 1. The minimum atomic E-state index is -1.33. The maximum absolute atomic E-state index is 13.6. The molecule has 1 fully saturated rings. The lowest BCUT2D eigenvalue weighted by molar-refractivity contribution is -0.242. The lowest BCUT2D eigenvalue weighted by Crippen LogP contribution is -2.63. The maximum Gasteiger partial charge on any atom is 0.336 e. The molecule has 7 heteroatoms. The Hall–Kier alpha value is -2.90. The van der Waals surface area contributed by atoms with E-state index in [1.165, 1.54) is 19.2 Å². The smallest absolute Gasteiger partial charge is 0.336 e. The molecule has 0 atom stereocenters. The topological polar surface area (TPSA) is 80.9 Å². The largest absolute Gasteiger partial charge is 0.507 e. The van der Waals surface area contributed by atoms with Crippen LogP contribution in [0.15, 0.2) is 42.5 Å². The van der Waals surface area contributed by atoms with Crippen LogP contribution in [0.4, 0.5) is 4.39 Å². The average Bonchev–Trinajstić information content (AvgIpc) is 3.06. The fourth-order valence-electron chi connectivity index (χ4n) is 5.26. The summed E-state index contributed by atoms with van der Waals surface area (Å²) in [5, 5.41) is 21.3. The van der Waals surface area contributed by atoms with Crippen LogP contribution in [0, 0.1) is 5.82 Å². The molecule has 2 N–H and O–H groups in total. The summed E-state index contributed by atoms with van der Waals surface area (Å²) in [6.07, 6.45) is 0.289. The minimum absolute atomic E-state index is 0.0977. The van der Waals surface area contributed by atoms with Gasteiger partial charge in [0.1, 0.15) is 17.2 Å². The molecule has 6 nitrogen and oxygen atoms in total. The first-order valence-electron chi connectivity index (χ1n) is 10.2. The number of carboxylic acid groups (broad SMARTS) is 1. The molecule has 1 aromatic heterocycles. The van der Waals surface area contributed by atoms with Gasteiger partial charge in [-0.3, -0.25) is 0 Å². The quantitative estimate of drug-likeness (QED) is 0.656. The number of fused-ring (bicyclic) bond motifs is 4. The molecule has 0 bridgehead atoms. The number of phenolic OH excluding ortho intramolecular Hbond substituents is 1. The van der Waals surface area contributed by atoms with Crippen molar-refractivity contribution in [2.24, 2.45) is 0 Å². The molecule has 0 unspecified atom stereocenters. The predicted octanol–water partition coefficient (Wildman–Crippen LogP) is 4.24. The summed E-state index contributed by atoms with van der Waals surface area (Å²) in [6.45, 7) is 4.47. The van der Waals surface area contributed by atoms with Gasteiger partial charge < -0.3 is 24.3 Å². The van der Waals surface area contributed by atoms with Crippen LogP contribution in [0.1, 0.15) is 37.9 Å². The normalized spacial score (nSPS) is 26.6. The number of aromatic hydroxyl groups is 1. The summed E-state index contributed by atoms with van der Waals surface area (Å²) in [5.41, 5.74) is 0.593. The summed E-state index contributed by atoms with van der Waals surface area (Å²) in [4.78, 5) is 11.9. The molecule has 2 heterocycles. The van der Waals surface area contributed by atoms with Crippen LogP contribution in [0.2, 0.25) is 0 Å². The molecular formula is C24H24FNO5. The molecule has 1 saturated carbocycles. The molecule has 3 aromatic rings. The van der Waals surface area contributed by atoms with Crippen molar-refractivity contribution >= 4 is 16.9 Å². The molecule has 2 aliphatic rings. The highest BCUT2D eigenvalue weighted by Gasteiger charge is 2.65. The molecule has 0 saturated heterocycles. The predicted molar refractivity (Wildman–Crippen MR) is 112 cm³/mol. The van der Waals surface area contributed by atoms with E-state index in [0.29, 0.717) is 12.0 Å². The van der Waals surface area contributed by atoms with Gasteiger partial charge in [-0.1, -0.05) is 19.9 Å². The molecular weight excluding hydrogens is 401 g/mol. The molecule has 31 heavy (non-hydrogen) atoms. The Kier molecular flexibility index (Phi) is 4.08. The molecule has 2 aromatic carbocycles. The van der Waals surface area contributed by atoms with E-state index in [-0.39, 0.29) is 24.4 Å². The van der Waals surface area contributed by atoms with Gasteiger partial charge in [-0.15, -0.1) is 0 Å². The lowest BCUT2D eigenvalue weighted by Gasteiger charge is -2.56. The molecule has 1 spiro atoms. The fraction of sp³-hybridized carbons (Fsp3) is 0.375. The summed E-state index contributed by atoms with van der Waals surface area (Å²) >= 11 is 0. The Balaban J connectivity index is 1.84. The highest BCUT2D eigenvalue weighted by molar-refractivity contribution is 5.95. The van der Waals surface area contributed by atoms with Gasteiger partial charge in [0, 0.05) is 47.7 Å². The highest BCUT2D eigenvalue weighted by Crippen LogP contribution is 2.61. The van der Waals surface area contributed by atoms with E-state index in [9.17, 15) is 19.4 Å². The average molecular weight is 425 g/mol. The van der Waals surface area contributed by atoms with Gasteiger partial charge in [0.15, 0.2) is 5.60 Å². The lowest BCUT2D eigenvalue weighted by atomic mass is 9.60. The zero-order valence-electron chi connectivity index (χ0n) is 17.6. The number of rotatable bonds is 3. The number of hydrogen-bond acceptors (Lipinski definition) is 4. The van der Waals surface area contributed by atoms with E-state index in [0.717, 1.165) is 22.5 Å². The second-order valence-electron chi connectivity index (χ2n) is 9.23. The third kappa shape index (κ3) is 2.60. The van der Waals surface area contributed by atoms with Crippen LogP contribution >= 0.6 is 0 Å². The van der Waals surface area contributed by atoms with Gasteiger partial charge in [0.25, 0.3) is 0 Å². The van der Waals surface area contributed by atoms with E-state index in [1.54, 1.807) is 24.3 Å². The van der Waals surface area contributed by atoms with Gasteiger partial charge in [-0.05, 0) is 36.4 Å². The Bertz CT molecular complexity index is 1200. The standard InChI is InChI=1S/C24H24FNO5/c1-22(2)13-31-23(11-24(12-23,30-3)21(28)29)19-18-16(5-4-6-17(18)27)26(20(19)22)15-9-7-14(25)8-10-15/h4-10,27H,11-13H2,1-3H3,(H,28,29)/t23-,24-. The van der Waals surface area contributed by atoms with Crippen molar-refractivity contribution in [1.29, 1.82) is 0 Å². The number of halogens is 1. The summed E-state index contributed by atoms with van der Waals surface area (Å²) < 4.78 is 27.4. The van der Waals surface area contributed by atoms with Gasteiger partial charge in [-0.25, -0.2) is 9.18 Å². The Morgan fingerprint density at radius 2 is 1.84 bits per heavy atom. The number of benzene rings is 2. The second kappa shape index (κ2) is 6.31. The van der Waals surface area contributed by atoms with E-state index < -0.39 is 22.6 Å². The number of phenols is 1. The van der Waals surface area contributed by atoms with Gasteiger partial charge in [0.05, 0.1) is 12.1 Å². The van der Waals surface area contributed by atoms with Crippen molar-refractivity contribution in [2.45, 2.75) is 43.3 Å². The Labute approximate surface area is 178 Å². The first kappa shape index (κ1) is 20.0. The number of ether oxygens (including phenoxy) is 2. The molecule has 1 aliphatic heterocycles.